The van der Waals surface area contributed by atoms with Crippen LogP contribution in [0, 0.1) is 23.7 Å². The number of aliphatic imine (C=N–C) groups is 1. The summed E-state index contributed by atoms with van der Waals surface area (Å²) in [6.45, 7) is 1.91. The average Bonchev–Trinajstić information content (AvgIpc) is 3.19. The molecule has 2 saturated carbocycles. The molecule has 4 unspecified atom stereocenters. The molecule has 0 aromatic heterocycles. The zero-order chi connectivity index (χ0) is 22.3. The van der Waals surface area contributed by atoms with Crippen LogP contribution in [0.5, 0.6) is 5.75 Å². The molecule has 5 rings (SSSR count). The largest absolute Gasteiger partial charge is 0.496 e. The Hall–Kier alpha value is -2.83. The highest BCUT2D eigenvalue weighted by atomic mass is 16.5. The fourth-order valence-electron chi connectivity index (χ4n) is 5.88. The summed E-state index contributed by atoms with van der Waals surface area (Å²) in [6, 6.07) is 8.21. The molecule has 0 radical (unpaired) electrons. The van der Waals surface area contributed by atoms with Crippen molar-refractivity contribution in [1.29, 1.82) is 0 Å². The monoisotopic (exact) mass is 436 g/mol. The summed E-state index contributed by atoms with van der Waals surface area (Å²) in [4.78, 5) is 31.4. The summed E-state index contributed by atoms with van der Waals surface area (Å²) >= 11 is 0. The highest BCUT2D eigenvalue weighted by Crippen LogP contribution is 2.52. The molecule has 1 heterocycles. The number of para-hydroxylation sites is 1. The number of hydrogen-bond donors (Lipinski definition) is 2. The van der Waals surface area contributed by atoms with Crippen LogP contribution < -0.4 is 15.4 Å². The predicted molar refractivity (Wildman–Crippen MR) is 122 cm³/mol. The average molecular weight is 437 g/mol. The van der Waals surface area contributed by atoms with E-state index in [1.807, 2.05) is 12.1 Å². The standard InChI is InChI=1S/C25H32N4O3/c1-26-24(28-15-25(10-11-25)18-6-3-4-7-19(18)32-2)27-12-5-13-29-22(30)20-16-8-9-17(14-16)21(20)23(29)31/h3-4,6-9,16-17,20-21H,5,10-15H2,1-2H3,(H2,26,27,28). The van der Waals surface area contributed by atoms with Gasteiger partial charge in [-0.25, -0.2) is 0 Å². The number of likely N-dealkylation sites (tertiary alicyclic amines) is 1. The van der Waals surface area contributed by atoms with Crippen LogP contribution in [0.25, 0.3) is 0 Å². The first-order chi connectivity index (χ1) is 15.6. The molecule has 4 atom stereocenters. The van der Waals surface area contributed by atoms with Gasteiger partial charge >= 0.3 is 0 Å². The van der Waals surface area contributed by atoms with E-state index >= 15 is 0 Å². The summed E-state index contributed by atoms with van der Waals surface area (Å²) in [6.07, 6.45) is 8.19. The van der Waals surface area contributed by atoms with Crippen LogP contribution >= 0.6 is 0 Å². The van der Waals surface area contributed by atoms with Crippen LogP contribution in [0.4, 0.5) is 0 Å². The Morgan fingerprint density at radius 1 is 1.12 bits per heavy atom. The van der Waals surface area contributed by atoms with Crippen molar-refractivity contribution in [1.82, 2.24) is 15.5 Å². The number of carbonyl (C=O) groups excluding carboxylic acids is 2. The third-order valence-electron chi connectivity index (χ3n) is 7.76. The Kier molecular flexibility index (Phi) is 5.43. The number of imide groups is 1. The number of nitrogens with one attached hydrogen (secondary N) is 2. The number of allylic oxidation sites excluding steroid dienone is 2. The van der Waals surface area contributed by atoms with Crippen molar-refractivity contribution in [2.75, 3.05) is 33.8 Å². The molecule has 1 aliphatic heterocycles. The predicted octanol–water partition coefficient (Wildman–Crippen LogP) is 2.09. The number of guanidine groups is 1. The molecular formula is C25H32N4O3. The molecule has 1 saturated heterocycles. The summed E-state index contributed by atoms with van der Waals surface area (Å²) in [5, 5.41) is 6.78. The van der Waals surface area contributed by atoms with Gasteiger partial charge in [0.15, 0.2) is 5.96 Å². The lowest BCUT2D eigenvalue weighted by molar-refractivity contribution is -0.140. The minimum absolute atomic E-state index is 0.0341. The zero-order valence-electron chi connectivity index (χ0n) is 18.8. The minimum atomic E-state index is -0.107. The Labute approximate surface area is 189 Å². The normalized spacial score (nSPS) is 29.4. The van der Waals surface area contributed by atoms with E-state index in [9.17, 15) is 9.59 Å². The lowest BCUT2D eigenvalue weighted by Gasteiger charge is -2.21. The number of methoxy groups -OCH3 is 1. The molecular weight excluding hydrogens is 404 g/mol. The van der Waals surface area contributed by atoms with Gasteiger partial charge in [-0.15, -0.1) is 0 Å². The molecule has 3 aliphatic carbocycles. The molecule has 7 nitrogen and oxygen atoms in total. The van der Waals surface area contributed by atoms with Gasteiger partial charge in [-0.3, -0.25) is 19.5 Å². The molecule has 0 spiro atoms. The second-order valence-electron chi connectivity index (χ2n) is 9.51. The number of rotatable bonds is 8. The first-order valence-corrected chi connectivity index (χ1v) is 11.7. The van der Waals surface area contributed by atoms with Crippen molar-refractivity contribution >= 4 is 17.8 Å². The van der Waals surface area contributed by atoms with Gasteiger partial charge in [-0.05, 0) is 43.6 Å². The summed E-state index contributed by atoms with van der Waals surface area (Å²) < 4.78 is 5.56. The second-order valence-corrected chi connectivity index (χ2v) is 9.51. The van der Waals surface area contributed by atoms with Crippen molar-refractivity contribution in [3.63, 3.8) is 0 Å². The van der Waals surface area contributed by atoms with Crippen LogP contribution in [0.3, 0.4) is 0 Å². The number of ether oxygens (including phenoxy) is 1. The van der Waals surface area contributed by atoms with Crippen molar-refractivity contribution in [2.24, 2.45) is 28.7 Å². The minimum Gasteiger partial charge on any atom is -0.496 e. The van der Waals surface area contributed by atoms with Gasteiger partial charge in [0.05, 0.1) is 18.9 Å². The van der Waals surface area contributed by atoms with Crippen LogP contribution in [0.15, 0.2) is 41.4 Å². The van der Waals surface area contributed by atoms with Crippen molar-refractivity contribution < 1.29 is 14.3 Å². The maximum absolute atomic E-state index is 12.8. The van der Waals surface area contributed by atoms with Gasteiger partial charge in [-0.1, -0.05) is 30.4 Å². The fourth-order valence-corrected chi connectivity index (χ4v) is 5.88. The van der Waals surface area contributed by atoms with E-state index in [0.29, 0.717) is 19.5 Å². The lowest BCUT2D eigenvalue weighted by Crippen LogP contribution is -2.42. The van der Waals surface area contributed by atoms with E-state index in [2.05, 4.69) is 39.9 Å². The summed E-state index contributed by atoms with van der Waals surface area (Å²) in [5.41, 5.74) is 1.33. The smallest absolute Gasteiger partial charge is 0.233 e. The van der Waals surface area contributed by atoms with Gasteiger partial charge in [-0.2, -0.15) is 0 Å². The van der Waals surface area contributed by atoms with E-state index in [4.69, 9.17) is 4.74 Å². The molecule has 2 amide bonds. The number of carbonyl (C=O) groups is 2. The molecule has 2 N–H and O–H groups in total. The molecule has 7 heteroatoms. The molecule has 2 bridgehead atoms. The van der Waals surface area contributed by atoms with Gasteiger partial charge in [0.25, 0.3) is 0 Å². The third kappa shape index (κ3) is 3.48. The van der Waals surface area contributed by atoms with E-state index in [1.54, 1.807) is 14.2 Å². The molecule has 32 heavy (non-hydrogen) atoms. The Morgan fingerprint density at radius 2 is 1.81 bits per heavy atom. The Bertz CT molecular complexity index is 938. The molecule has 3 fully saturated rings. The zero-order valence-corrected chi connectivity index (χ0v) is 18.8. The maximum Gasteiger partial charge on any atom is 0.233 e. The SMILES string of the molecule is CN=C(NCCCN1C(=O)C2C3C=CC(C3)C2C1=O)NCC1(c2ccccc2OC)CC1. The second kappa shape index (κ2) is 8.26. The van der Waals surface area contributed by atoms with E-state index in [0.717, 1.165) is 37.5 Å². The maximum atomic E-state index is 12.8. The van der Waals surface area contributed by atoms with Crippen molar-refractivity contribution in [2.45, 2.75) is 31.1 Å². The van der Waals surface area contributed by atoms with Crippen LogP contribution in [-0.2, 0) is 15.0 Å². The van der Waals surface area contributed by atoms with Crippen LogP contribution in [0.2, 0.25) is 0 Å². The summed E-state index contributed by atoms with van der Waals surface area (Å²) in [5.74, 6) is 2.07. The van der Waals surface area contributed by atoms with Gasteiger partial charge in [0, 0.05) is 37.7 Å². The van der Waals surface area contributed by atoms with E-state index in [-0.39, 0.29) is 40.9 Å². The fraction of sp³-hybridized carbons (Fsp3) is 0.560. The van der Waals surface area contributed by atoms with Crippen LogP contribution in [0.1, 0.15) is 31.2 Å². The van der Waals surface area contributed by atoms with Crippen molar-refractivity contribution in [3.8, 4) is 5.75 Å². The first kappa shape index (κ1) is 21.0. The highest BCUT2D eigenvalue weighted by Gasteiger charge is 2.58. The number of fused-ring (bicyclic) bond motifs is 5. The van der Waals surface area contributed by atoms with Gasteiger partial charge in [0.2, 0.25) is 11.8 Å². The molecule has 4 aliphatic rings. The van der Waals surface area contributed by atoms with Crippen molar-refractivity contribution in [3.05, 3.63) is 42.0 Å². The quantitative estimate of drug-likeness (QED) is 0.214. The first-order valence-electron chi connectivity index (χ1n) is 11.7. The number of amides is 2. The number of nitrogens with zero attached hydrogens (tertiary/aromatic N) is 2. The molecule has 1 aromatic carbocycles. The Morgan fingerprint density at radius 3 is 2.44 bits per heavy atom. The van der Waals surface area contributed by atoms with Gasteiger partial charge in [0.1, 0.15) is 5.75 Å². The highest BCUT2D eigenvalue weighted by molar-refractivity contribution is 6.06. The Balaban J connectivity index is 1.09. The topological polar surface area (TPSA) is 83.0 Å². The number of benzene rings is 1. The van der Waals surface area contributed by atoms with Gasteiger partial charge < -0.3 is 15.4 Å². The third-order valence-corrected chi connectivity index (χ3v) is 7.76. The molecule has 170 valence electrons. The molecule has 1 aromatic rings. The summed E-state index contributed by atoms with van der Waals surface area (Å²) in [7, 11) is 3.47. The number of hydrogen-bond acceptors (Lipinski definition) is 4. The van der Waals surface area contributed by atoms with Crippen LogP contribution in [-0.4, -0.2) is 56.5 Å². The van der Waals surface area contributed by atoms with E-state index < -0.39 is 0 Å². The lowest BCUT2D eigenvalue weighted by atomic mass is 9.85. The van der Waals surface area contributed by atoms with E-state index in [1.165, 1.54) is 10.5 Å².